The van der Waals surface area contributed by atoms with Crippen LogP contribution >= 0.6 is 0 Å². The SMILES string of the molecule is CCOC(=O)C(C)(C)Oc1cccc(CC)c1. The molecule has 0 fully saturated rings. The van der Waals surface area contributed by atoms with Crippen molar-refractivity contribution in [1.82, 2.24) is 0 Å². The Morgan fingerprint density at radius 3 is 2.59 bits per heavy atom. The molecule has 0 aliphatic heterocycles. The predicted molar refractivity (Wildman–Crippen MR) is 67.2 cm³/mol. The summed E-state index contributed by atoms with van der Waals surface area (Å²) in [4.78, 5) is 11.7. The molecule has 3 nitrogen and oxygen atoms in total. The van der Waals surface area contributed by atoms with Gasteiger partial charge >= 0.3 is 5.97 Å². The van der Waals surface area contributed by atoms with Gasteiger partial charge in [-0.25, -0.2) is 4.79 Å². The molecule has 0 saturated carbocycles. The van der Waals surface area contributed by atoms with Crippen molar-refractivity contribution in [3.05, 3.63) is 29.8 Å². The van der Waals surface area contributed by atoms with Crippen LogP contribution in [0.15, 0.2) is 24.3 Å². The van der Waals surface area contributed by atoms with Crippen molar-refractivity contribution < 1.29 is 14.3 Å². The molecular formula is C14H20O3. The standard InChI is InChI=1S/C14H20O3/c1-5-11-8-7-9-12(10-11)17-14(3,4)13(15)16-6-2/h7-10H,5-6H2,1-4H3. The van der Waals surface area contributed by atoms with E-state index in [1.165, 1.54) is 5.56 Å². The molecule has 0 aliphatic rings. The smallest absolute Gasteiger partial charge is 0.349 e. The number of carbonyl (C=O) groups excluding carboxylic acids is 1. The lowest BCUT2D eigenvalue weighted by Crippen LogP contribution is -2.39. The van der Waals surface area contributed by atoms with Gasteiger partial charge in [-0.1, -0.05) is 19.1 Å². The molecule has 1 aromatic rings. The van der Waals surface area contributed by atoms with Gasteiger partial charge in [-0.05, 0) is 44.9 Å². The van der Waals surface area contributed by atoms with E-state index in [0.29, 0.717) is 12.4 Å². The van der Waals surface area contributed by atoms with Crippen molar-refractivity contribution in [2.45, 2.75) is 39.7 Å². The number of esters is 1. The van der Waals surface area contributed by atoms with Crippen molar-refractivity contribution in [3.63, 3.8) is 0 Å². The first-order valence-electron chi connectivity index (χ1n) is 5.94. The van der Waals surface area contributed by atoms with Crippen LogP contribution in [0.4, 0.5) is 0 Å². The topological polar surface area (TPSA) is 35.5 Å². The molecule has 3 heteroatoms. The predicted octanol–water partition coefficient (Wildman–Crippen LogP) is 2.97. The molecule has 1 aromatic carbocycles. The number of hydrogen-bond donors (Lipinski definition) is 0. The van der Waals surface area contributed by atoms with Crippen molar-refractivity contribution >= 4 is 5.97 Å². The van der Waals surface area contributed by atoms with E-state index in [4.69, 9.17) is 9.47 Å². The second-order valence-corrected chi connectivity index (χ2v) is 4.33. The van der Waals surface area contributed by atoms with Gasteiger partial charge in [0.2, 0.25) is 0 Å². The zero-order valence-corrected chi connectivity index (χ0v) is 10.9. The summed E-state index contributed by atoms with van der Waals surface area (Å²) in [7, 11) is 0. The summed E-state index contributed by atoms with van der Waals surface area (Å²) in [6.45, 7) is 7.65. The van der Waals surface area contributed by atoms with Crippen LogP contribution in [0, 0.1) is 0 Å². The van der Waals surface area contributed by atoms with Crippen LogP contribution < -0.4 is 4.74 Å². The van der Waals surface area contributed by atoms with Crippen LogP contribution in [-0.2, 0) is 16.0 Å². The third kappa shape index (κ3) is 3.77. The first-order valence-corrected chi connectivity index (χ1v) is 5.94. The van der Waals surface area contributed by atoms with Gasteiger partial charge in [0.25, 0.3) is 0 Å². The fraction of sp³-hybridized carbons (Fsp3) is 0.500. The van der Waals surface area contributed by atoms with Gasteiger partial charge in [-0.3, -0.25) is 0 Å². The fourth-order valence-electron chi connectivity index (χ4n) is 1.47. The second-order valence-electron chi connectivity index (χ2n) is 4.33. The lowest BCUT2D eigenvalue weighted by Gasteiger charge is -2.24. The van der Waals surface area contributed by atoms with Crippen molar-refractivity contribution in [3.8, 4) is 5.75 Å². The first-order chi connectivity index (χ1) is 7.99. The summed E-state index contributed by atoms with van der Waals surface area (Å²) < 4.78 is 10.7. The minimum atomic E-state index is -0.956. The van der Waals surface area contributed by atoms with Crippen LogP contribution in [0.2, 0.25) is 0 Å². The van der Waals surface area contributed by atoms with E-state index < -0.39 is 5.60 Å². The first kappa shape index (κ1) is 13.6. The highest BCUT2D eigenvalue weighted by Crippen LogP contribution is 2.21. The Bertz CT molecular complexity index is 383. The highest BCUT2D eigenvalue weighted by molar-refractivity contribution is 5.79. The molecule has 0 bridgehead atoms. The largest absolute Gasteiger partial charge is 0.476 e. The van der Waals surface area contributed by atoms with Crippen LogP contribution in [0.25, 0.3) is 0 Å². The van der Waals surface area contributed by atoms with E-state index >= 15 is 0 Å². The van der Waals surface area contributed by atoms with Crippen LogP contribution in [0.5, 0.6) is 5.75 Å². The highest BCUT2D eigenvalue weighted by Gasteiger charge is 2.31. The summed E-state index contributed by atoms with van der Waals surface area (Å²) >= 11 is 0. The quantitative estimate of drug-likeness (QED) is 0.737. The van der Waals surface area contributed by atoms with Gasteiger partial charge < -0.3 is 9.47 Å². The van der Waals surface area contributed by atoms with Gasteiger partial charge in [0.15, 0.2) is 5.60 Å². The number of benzene rings is 1. The van der Waals surface area contributed by atoms with Crippen LogP contribution in [-0.4, -0.2) is 18.2 Å². The molecule has 17 heavy (non-hydrogen) atoms. The molecule has 0 amide bonds. The summed E-state index contributed by atoms with van der Waals surface area (Å²) in [6.07, 6.45) is 0.942. The number of rotatable bonds is 5. The summed E-state index contributed by atoms with van der Waals surface area (Å²) in [5.74, 6) is 0.351. The maximum atomic E-state index is 11.7. The van der Waals surface area contributed by atoms with E-state index in [1.807, 2.05) is 24.3 Å². The Kier molecular flexibility index (Phi) is 4.55. The zero-order chi connectivity index (χ0) is 12.9. The minimum Gasteiger partial charge on any atom is -0.476 e. The minimum absolute atomic E-state index is 0.345. The summed E-state index contributed by atoms with van der Waals surface area (Å²) in [5.41, 5.74) is 0.227. The molecular weight excluding hydrogens is 216 g/mol. The Morgan fingerprint density at radius 2 is 2.00 bits per heavy atom. The number of hydrogen-bond acceptors (Lipinski definition) is 3. The molecule has 0 aliphatic carbocycles. The Balaban J connectivity index is 2.78. The number of carbonyl (C=O) groups is 1. The van der Waals surface area contributed by atoms with Crippen LogP contribution in [0.3, 0.4) is 0 Å². The lowest BCUT2D eigenvalue weighted by molar-refractivity contribution is -0.158. The second kappa shape index (κ2) is 5.71. The molecule has 0 saturated heterocycles. The van der Waals surface area contributed by atoms with Gasteiger partial charge in [-0.15, -0.1) is 0 Å². The Morgan fingerprint density at radius 1 is 1.29 bits per heavy atom. The molecule has 94 valence electrons. The average Bonchev–Trinajstić information content (AvgIpc) is 2.29. The lowest BCUT2D eigenvalue weighted by atomic mass is 10.1. The maximum Gasteiger partial charge on any atom is 0.349 e. The Labute approximate surface area is 103 Å². The summed E-state index contributed by atoms with van der Waals surface area (Å²) in [5, 5.41) is 0. The molecule has 0 spiro atoms. The molecule has 0 radical (unpaired) electrons. The third-order valence-electron chi connectivity index (χ3n) is 2.45. The van der Waals surface area contributed by atoms with Crippen molar-refractivity contribution in [2.75, 3.05) is 6.61 Å². The monoisotopic (exact) mass is 236 g/mol. The third-order valence-corrected chi connectivity index (χ3v) is 2.45. The molecule has 0 heterocycles. The molecule has 1 rings (SSSR count). The van der Waals surface area contributed by atoms with Gasteiger partial charge in [0.05, 0.1) is 6.61 Å². The van der Waals surface area contributed by atoms with Gasteiger partial charge in [0.1, 0.15) is 5.75 Å². The van der Waals surface area contributed by atoms with E-state index in [0.717, 1.165) is 6.42 Å². The molecule has 0 unspecified atom stereocenters. The van der Waals surface area contributed by atoms with E-state index in [1.54, 1.807) is 20.8 Å². The normalized spacial score (nSPS) is 11.1. The van der Waals surface area contributed by atoms with Crippen LogP contribution in [0.1, 0.15) is 33.3 Å². The highest BCUT2D eigenvalue weighted by atomic mass is 16.6. The Hall–Kier alpha value is -1.51. The molecule has 0 atom stereocenters. The van der Waals surface area contributed by atoms with Gasteiger partial charge in [0, 0.05) is 0 Å². The van der Waals surface area contributed by atoms with Gasteiger partial charge in [-0.2, -0.15) is 0 Å². The number of aryl methyl sites for hydroxylation is 1. The molecule has 0 N–H and O–H groups in total. The maximum absolute atomic E-state index is 11.7. The number of ether oxygens (including phenoxy) is 2. The molecule has 0 aromatic heterocycles. The zero-order valence-electron chi connectivity index (χ0n) is 10.9. The van der Waals surface area contributed by atoms with E-state index in [9.17, 15) is 4.79 Å². The van der Waals surface area contributed by atoms with E-state index in [-0.39, 0.29) is 5.97 Å². The van der Waals surface area contributed by atoms with E-state index in [2.05, 4.69) is 6.92 Å². The van der Waals surface area contributed by atoms with Crippen molar-refractivity contribution in [2.24, 2.45) is 0 Å². The summed E-state index contributed by atoms with van der Waals surface area (Å²) in [6, 6.07) is 7.75. The average molecular weight is 236 g/mol. The fourth-order valence-corrected chi connectivity index (χ4v) is 1.47. The van der Waals surface area contributed by atoms with Crippen molar-refractivity contribution in [1.29, 1.82) is 0 Å².